The van der Waals surface area contributed by atoms with E-state index in [1.807, 2.05) is 133 Å². The second-order valence-electron chi connectivity index (χ2n) is 14.3. The maximum Gasteiger partial charge on any atom is 0.268 e. The van der Waals surface area contributed by atoms with Crippen molar-refractivity contribution < 1.29 is 9.59 Å². The molecule has 6 heteroatoms. The van der Waals surface area contributed by atoms with Crippen LogP contribution in [0.2, 0.25) is 0 Å². The summed E-state index contributed by atoms with van der Waals surface area (Å²) >= 11 is 0. The largest absolute Gasteiger partial charge is 0.308 e. The summed E-state index contributed by atoms with van der Waals surface area (Å²) < 4.78 is 2.05. The van der Waals surface area contributed by atoms with Crippen LogP contribution in [0.3, 0.4) is 0 Å². The molecule has 0 bridgehead atoms. The van der Waals surface area contributed by atoms with Gasteiger partial charge < -0.3 is 4.57 Å². The molecule has 1 aliphatic heterocycles. The molecule has 0 aliphatic carbocycles. The normalized spacial score (nSPS) is 12.1. The van der Waals surface area contributed by atoms with Crippen molar-refractivity contribution in [2.75, 3.05) is 4.90 Å². The van der Waals surface area contributed by atoms with Gasteiger partial charge in [0.25, 0.3) is 11.8 Å². The molecule has 1 aliphatic rings. The monoisotopic (exact) mass is 742 g/mol. The third kappa shape index (κ3) is 5.48. The Morgan fingerprint density at radius 1 is 0.397 bits per heavy atom. The number of benzene rings is 8. The molecule has 0 saturated heterocycles. The Kier molecular flexibility index (Phi) is 8.11. The number of carbonyl (C=O) groups is 2. The molecule has 10 rings (SSSR count). The number of imide groups is 1. The van der Waals surface area contributed by atoms with Gasteiger partial charge in [0.15, 0.2) is 0 Å². The molecule has 0 spiro atoms. The molecule has 6 nitrogen and oxygen atoms in total. The predicted molar refractivity (Wildman–Crippen MR) is 230 cm³/mol. The highest BCUT2D eigenvalue weighted by Crippen LogP contribution is 2.47. The standard InChI is InChI=1S/C52H30N4O2/c53-31-33-25-34(32-54)27-39(26-33)38-23-24-42-41-19-10-11-21-46(41)55(48(42)30-38)47-22-12-20-43-49(47)52(58)56(51(43)57)50-44(36-15-6-2-7-16-36)28-40(35-13-4-1-5-14-35)29-45(50)37-17-8-3-9-18-37/h1-30H. The first-order valence-corrected chi connectivity index (χ1v) is 18.9. The summed E-state index contributed by atoms with van der Waals surface area (Å²) in [5.74, 6) is -0.817. The fourth-order valence-corrected chi connectivity index (χ4v) is 8.34. The van der Waals surface area contributed by atoms with Crippen molar-refractivity contribution in [2.45, 2.75) is 0 Å². The first kappa shape index (κ1) is 34.2. The number of amides is 2. The molecule has 0 radical (unpaired) electrons. The van der Waals surface area contributed by atoms with Crippen LogP contribution in [0.15, 0.2) is 182 Å². The van der Waals surface area contributed by atoms with Crippen molar-refractivity contribution in [1.82, 2.24) is 4.57 Å². The highest BCUT2D eigenvalue weighted by molar-refractivity contribution is 6.37. The van der Waals surface area contributed by atoms with Crippen LogP contribution >= 0.6 is 0 Å². The van der Waals surface area contributed by atoms with Crippen LogP contribution in [0.1, 0.15) is 31.8 Å². The molecule has 9 aromatic rings. The summed E-state index contributed by atoms with van der Waals surface area (Å²) in [6.45, 7) is 0. The van der Waals surface area contributed by atoms with Gasteiger partial charge in [-0.1, -0.05) is 127 Å². The molecule has 2 heterocycles. The van der Waals surface area contributed by atoms with Crippen LogP contribution in [0.25, 0.3) is 72.0 Å². The Hall–Kier alpha value is -8.32. The highest BCUT2D eigenvalue weighted by atomic mass is 16.2. The molecule has 270 valence electrons. The lowest BCUT2D eigenvalue weighted by Gasteiger charge is -2.24. The summed E-state index contributed by atoms with van der Waals surface area (Å²) in [5, 5.41) is 21.4. The van der Waals surface area contributed by atoms with Crippen molar-refractivity contribution in [2.24, 2.45) is 0 Å². The van der Waals surface area contributed by atoms with E-state index >= 15 is 4.79 Å². The van der Waals surface area contributed by atoms with E-state index < -0.39 is 11.8 Å². The van der Waals surface area contributed by atoms with Crippen molar-refractivity contribution in [3.63, 3.8) is 0 Å². The quantitative estimate of drug-likeness (QED) is 0.159. The van der Waals surface area contributed by atoms with E-state index in [0.717, 1.165) is 66.3 Å². The van der Waals surface area contributed by atoms with Crippen molar-refractivity contribution in [1.29, 1.82) is 10.5 Å². The molecular weight excluding hydrogens is 713 g/mol. The molecule has 58 heavy (non-hydrogen) atoms. The van der Waals surface area contributed by atoms with Crippen molar-refractivity contribution in [3.8, 4) is 62.3 Å². The maximum absolute atomic E-state index is 15.4. The molecule has 0 N–H and O–H groups in total. The second kappa shape index (κ2) is 13.8. The lowest BCUT2D eigenvalue weighted by molar-refractivity contribution is 0.0926. The number of aromatic nitrogens is 1. The van der Waals surface area contributed by atoms with E-state index in [2.05, 4.69) is 41.0 Å². The molecule has 8 aromatic carbocycles. The number of para-hydroxylation sites is 1. The Morgan fingerprint density at radius 3 is 1.57 bits per heavy atom. The Bertz CT molecular complexity index is 3130. The average Bonchev–Trinajstić information content (AvgIpc) is 3.76. The summed E-state index contributed by atoms with van der Waals surface area (Å²) in [5.41, 5.74) is 11.0. The zero-order chi connectivity index (χ0) is 39.3. The Balaban J connectivity index is 1.22. The summed E-state index contributed by atoms with van der Waals surface area (Å²) in [4.78, 5) is 31.7. The van der Waals surface area contributed by atoms with Crippen LogP contribution < -0.4 is 4.90 Å². The number of anilines is 1. The predicted octanol–water partition coefficient (Wildman–Crippen LogP) is 12.0. The van der Waals surface area contributed by atoms with Gasteiger partial charge in [0, 0.05) is 21.9 Å². The molecule has 0 unspecified atom stereocenters. The average molecular weight is 743 g/mol. The molecular formula is C52H30N4O2. The number of carbonyl (C=O) groups excluding carboxylic acids is 2. The Morgan fingerprint density at radius 2 is 0.948 bits per heavy atom. The smallest absolute Gasteiger partial charge is 0.268 e. The van der Waals surface area contributed by atoms with Gasteiger partial charge in [0.2, 0.25) is 0 Å². The van der Waals surface area contributed by atoms with E-state index in [-0.39, 0.29) is 0 Å². The summed E-state index contributed by atoms with van der Waals surface area (Å²) in [6.07, 6.45) is 0. The van der Waals surface area contributed by atoms with Crippen molar-refractivity contribution >= 4 is 39.3 Å². The van der Waals surface area contributed by atoms with Crippen LogP contribution in [0, 0.1) is 22.7 Å². The zero-order valence-corrected chi connectivity index (χ0v) is 30.9. The maximum atomic E-state index is 15.4. The molecule has 0 saturated carbocycles. The molecule has 1 aromatic heterocycles. The fourth-order valence-electron chi connectivity index (χ4n) is 8.34. The van der Waals surface area contributed by atoms with Gasteiger partial charge >= 0.3 is 0 Å². The minimum absolute atomic E-state index is 0.309. The number of hydrogen-bond acceptors (Lipinski definition) is 4. The van der Waals surface area contributed by atoms with Gasteiger partial charge in [0.1, 0.15) is 0 Å². The van der Waals surface area contributed by atoms with Gasteiger partial charge in [-0.25, -0.2) is 4.90 Å². The third-order valence-electron chi connectivity index (χ3n) is 10.9. The fraction of sp³-hybridized carbons (Fsp3) is 0. The highest BCUT2D eigenvalue weighted by Gasteiger charge is 2.41. The van der Waals surface area contributed by atoms with Gasteiger partial charge in [-0.2, -0.15) is 10.5 Å². The number of rotatable bonds is 6. The number of hydrogen-bond donors (Lipinski definition) is 0. The lowest BCUT2D eigenvalue weighted by Crippen LogP contribution is -2.30. The minimum Gasteiger partial charge on any atom is -0.308 e. The van der Waals surface area contributed by atoms with Crippen LogP contribution in [0.4, 0.5) is 5.69 Å². The van der Waals surface area contributed by atoms with E-state index in [4.69, 9.17) is 0 Å². The number of nitrogens with zero attached hydrogens (tertiary/aromatic N) is 4. The number of nitriles is 2. The van der Waals surface area contributed by atoms with Gasteiger partial charge in [0.05, 0.1) is 56.8 Å². The first-order valence-electron chi connectivity index (χ1n) is 18.9. The van der Waals surface area contributed by atoms with Gasteiger partial charge in [-0.05, 0) is 88.0 Å². The molecule has 0 atom stereocenters. The SMILES string of the molecule is N#Cc1cc(C#N)cc(-c2ccc3c4ccccc4n(-c4cccc5c4C(=O)N(c4c(-c6ccccc6)cc(-c6ccccc6)cc4-c4ccccc4)C5=O)c3c2)c1. The van der Waals surface area contributed by atoms with Crippen molar-refractivity contribution in [3.05, 3.63) is 204 Å². The Labute approximate surface area is 334 Å². The molecule has 2 amide bonds. The van der Waals surface area contributed by atoms with E-state index in [9.17, 15) is 15.3 Å². The van der Waals surface area contributed by atoms with E-state index in [1.165, 1.54) is 4.90 Å². The lowest BCUT2D eigenvalue weighted by atomic mass is 9.90. The minimum atomic E-state index is -0.417. The van der Waals surface area contributed by atoms with E-state index in [1.54, 1.807) is 24.3 Å². The van der Waals surface area contributed by atoms with Crippen LogP contribution in [0.5, 0.6) is 0 Å². The van der Waals surface area contributed by atoms with E-state index in [0.29, 0.717) is 33.6 Å². The third-order valence-corrected chi connectivity index (χ3v) is 10.9. The van der Waals surface area contributed by atoms with Gasteiger partial charge in [-0.3, -0.25) is 9.59 Å². The molecule has 0 fully saturated rings. The zero-order valence-electron chi connectivity index (χ0n) is 30.9. The number of fused-ring (bicyclic) bond motifs is 4. The van der Waals surface area contributed by atoms with Gasteiger partial charge in [-0.15, -0.1) is 0 Å². The van der Waals surface area contributed by atoms with Crippen LogP contribution in [-0.2, 0) is 0 Å². The summed E-state index contributed by atoms with van der Waals surface area (Å²) in [6, 6.07) is 63.0. The summed E-state index contributed by atoms with van der Waals surface area (Å²) in [7, 11) is 0. The topological polar surface area (TPSA) is 89.9 Å². The van der Waals surface area contributed by atoms with Crippen LogP contribution in [-0.4, -0.2) is 16.4 Å². The first-order chi connectivity index (χ1) is 28.5. The second-order valence-corrected chi connectivity index (χ2v) is 14.3.